The third-order valence-electron chi connectivity index (χ3n) is 11.2. The first kappa shape index (κ1) is 32.0. The van der Waals surface area contributed by atoms with Gasteiger partial charge in [-0.3, -0.25) is 0 Å². The molecule has 0 fully saturated rings. The minimum atomic E-state index is 0.916. The molecule has 0 aliphatic carbocycles. The summed E-state index contributed by atoms with van der Waals surface area (Å²) in [4.78, 5) is 2.38. The van der Waals surface area contributed by atoms with Gasteiger partial charge >= 0.3 is 0 Å². The predicted octanol–water partition coefficient (Wildman–Crippen LogP) is 15.5. The van der Waals surface area contributed by atoms with Gasteiger partial charge in [-0.1, -0.05) is 152 Å². The Labute approximate surface area is 325 Å². The molecule has 10 aromatic carbocycles. The van der Waals surface area contributed by atoms with Crippen molar-refractivity contribution in [3.05, 3.63) is 212 Å². The highest BCUT2D eigenvalue weighted by molar-refractivity contribution is 6.14. The second kappa shape index (κ2) is 13.2. The first-order valence-corrected chi connectivity index (χ1v) is 19.2. The summed E-state index contributed by atoms with van der Waals surface area (Å²) in [5.74, 6) is 0. The fourth-order valence-electron chi connectivity index (χ4n) is 8.49. The molecule has 1 heterocycles. The van der Waals surface area contributed by atoms with Crippen LogP contribution in [0.2, 0.25) is 0 Å². The van der Waals surface area contributed by atoms with E-state index in [4.69, 9.17) is 4.42 Å². The molecule has 0 aliphatic heterocycles. The minimum Gasteiger partial charge on any atom is -0.456 e. The Morgan fingerprint density at radius 1 is 0.286 bits per heavy atom. The number of benzene rings is 10. The van der Waals surface area contributed by atoms with Gasteiger partial charge in [0, 0.05) is 27.7 Å². The summed E-state index contributed by atoms with van der Waals surface area (Å²) in [5.41, 5.74) is 12.3. The molecule has 0 aliphatic rings. The smallest absolute Gasteiger partial charge is 0.136 e. The summed E-state index contributed by atoms with van der Waals surface area (Å²) in [6, 6.07) is 76.6. The van der Waals surface area contributed by atoms with Crippen LogP contribution < -0.4 is 4.90 Å². The number of nitrogens with zero attached hydrogens (tertiary/aromatic N) is 1. The zero-order valence-corrected chi connectivity index (χ0v) is 30.6. The molecular weight excluding hydrogens is 679 g/mol. The molecule has 0 saturated heterocycles. The molecular formula is C54H35NO. The molecule has 56 heavy (non-hydrogen) atoms. The summed E-state index contributed by atoms with van der Waals surface area (Å²) in [6.07, 6.45) is 0. The van der Waals surface area contributed by atoms with Crippen molar-refractivity contribution < 1.29 is 4.42 Å². The number of rotatable bonds is 6. The highest BCUT2D eigenvalue weighted by Gasteiger charge is 2.18. The van der Waals surface area contributed by atoms with E-state index in [9.17, 15) is 0 Å². The molecule has 0 N–H and O–H groups in total. The van der Waals surface area contributed by atoms with Gasteiger partial charge in [-0.25, -0.2) is 0 Å². The molecule has 0 atom stereocenters. The Kier molecular flexibility index (Phi) is 7.53. The van der Waals surface area contributed by atoms with Gasteiger partial charge in [0.1, 0.15) is 11.2 Å². The van der Waals surface area contributed by atoms with E-state index in [1.54, 1.807) is 0 Å². The van der Waals surface area contributed by atoms with Crippen LogP contribution in [0, 0.1) is 0 Å². The summed E-state index contributed by atoms with van der Waals surface area (Å²) >= 11 is 0. The molecule has 0 amide bonds. The van der Waals surface area contributed by atoms with Gasteiger partial charge in [0.25, 0.3) is 0 Å². The van der Waals surface area contributed by atoms with E-state index in [-0.39, 0.29) is 0 Å². The average Bonchev–Trinajstić information content (AvgIpc) is 3.63. The van der Waals surface area contributed by atoms with Gasteiger partial charge in [-0.15, -0.1) is 0 Å². The number of anilines is 3. The maximum absolute atomic E-state index is 6.24. The van der Waals surface area contributed by atoms with E-state index in [2.05, 4.69) is 205 Å². The highest BCUT2D eigenvalue weighted by Crippen LogP contribution is 2.43. The Hall–Kier alpha value is -7.42. The Morgan fingerprint density at radius 2 is 0.893 bits per heavy atom. The monoisotopic (exact) mass is 713 g/mol. The maximum atomic E-state index is 6.24. The van der Waals surface area contributed by atoms with Gasteiger partial charge in [-0.2, -0.15) is 0 Å². The first-order chi connectivity index (χ1) is 27.7. The quantitative estimate of drug-likeness (QED) is 0.160. The van der Waals surface area contributed by atoms with Crippen molar-refractivity contribution in [1.82, 2.24) is 0 Å². The molecule has 0 bridgehead atoms. The van der Waals surface area contributed by atoms with E-state index in [0.29, 0.717) is 0 Å². The Morgan fingerprint density at radius 3 is 1.70 bits per heavy atom. The van der Waals surface area contributed by atoms with E-state index >= 15 is 0 Å². The molecule has 11 rings (SSSR count). The number of hydrogen-bond donors (Lipinski definition) is 0. The topological polar surface area (TPSA) is 16.4 Å². The van der Waals surface area contributed by atoms with Crippen LogP contribution in [-0.2, 0) is 0 Å². The summed E-state index contributed by atoms with van der Waals surface area (Å²) in [7, 11) is 0. The van der Waals surface area contributed by atoms with Crippen LogP contribution in [0.25, 0.3) is 87.6 Å². The molecule has 262 valence electrons. The lowest BCUT2D eigenvalue weighted by Gasteiger charge is -2.28. The second-order valence-corrected chi connectivity index (χ2v) is 14.5. The zero-order chi connectivity index (χ0) is 37.0. The standard InChI is InChI=1S/C54H35NO/c1-2-12-37(13-3-1)46-16-8-10-20-52(46)55(44-30-26-38(27-31-44)50-34-41-14-4-5-15-45(41)47-17-6-7-18-48(47)50)43-28-24-36(25-29-43)39-22-23-40-33-51-49-19-9-11-21-53(49)56-54(51)35-42(40)32-39/h1-35H. The third-order valence-corrected chi connectivity index (χ3v) is 11.2. The van der Waals surface area contributed by atoms with E-state index < -0.39 is 0 Å². The van der Waals surface area contributed by atoms with E-state index in [0.717, 1.165) is 50.0 Å². The van der Waals surface area contributed by atoms with Gasteiger partial charge in [-0.05, 0) is 121 Å². The lowest BCUT2D eigenvalue weighted by molar-refractivity contribution is 0.669. The minimum absolute atomic E-state index is 0.916. The number of furan rings is 1. The SMILES string of the molecule is c1ccc(-c2ccccc2N(c2ccc(-c3ccc4cc5c(cc4c3)oc3ccccc35)cc2)c2ccc(-c3cc4ccccc4c4ccccc34)cc2)cc1. The molecule has 2 heteroatoms. The molecule has 1 aromatic heterocycles. The summed E-state index contributed by atoms with van der Waals surface area (Å²) in [6.45, 7) is 0. The van der Waals surface area contributed by atoms with E-state index in [1.165, 1.54) is 54.7 Å². The fourth-order valence-corrected chi connectivity index (χ4v) is 8.49. The summed E-state index contributed by atoms with van der Waals surface area (Å²) in [5, 5.41) is 9.73. The summed E-state index contributed by atoms with van der Waals surface area (Å²) < 4.78 is 6.24. The maximum Gasteiger partial charge on any atom is 0.136 e. The third kappa shape index (κ3) is 5.42. The van der Waals surface area contributed by atoms with Crippen LogP contribution in [0.4, 0.5) is 17.1 Å². The van der Waals surface area contributed by atoms with Crippen LogP contribution >= 0.6 is 0 Å². The van der Waals surface area contributed by atoms with Crippen molar-refractivity contribution in [2.75, 3.05) is 4.90 Å². The van der Waals surface area contributed by atoms with Crippen LogP contribution in [0.5, 0.6) is 0 Å². The van der Waals surface area contributed by atoms with Gasteiger partial charge in [0.2, 0.25) is 0 Å². The second-order valence-electron chi connectivity index (χ2n) is 14.5. The molecule has 0 radical (unpaired) electrons. The van der Waals surface area contributed by atoms with Crippen LogP contribution in [0.1, 0.15) is 0 Å². The van der Waals surface area contributed by atoms with Crippen molar-refractivity contribution >= 4 is 71.3 Å². The Bertz CT molecular complexity index is 3230. The van der Waals surface area contributed by atoms with Crippen molar-refractivity contribution in [3.8, 4) is 33.4 Å². The molecule has 0 spiro atoms. The first-order valence-electron chi connectivity index (χ1n) is 19.2. The van der Waals surface area contributed by atoms with Crippen molar-refractivity contribution in [3.63, 3.8) is 0 Å². The van der Waals surface area contributed by atoms with Crippen LogP contribution in [-0.4, -0.2) is 0 Å². The lowest BCUT2D eigenvalue weighted by atomic mass is 9.93. The van der Waals surface area contributed by atoms with Gasteiger partial charge < -0.3 is 9.32 Å². The van der Waals surface area contributed by atoms with Gasteiger partial charge in [0.05, 0.1) is 5.69 Å². The van der Waals surface area contributed by atoms with Crippen molar-refractivity contribution in [2.45, 2.75) is 0 Å². The molecule has 0 unspecified atom stereocenters. The van der Waals surface area contributed by atoms with Crippen LogP contribution in [0.15, 0.2) is 217 Å². The highest BCUT2D eigenvalue weighted by atomic mass is 16.3. The molecule has 11 aromatic rings. The van der Waals surface area contributed by atoms with Crippen molar-refractivity contribution in [1.29, 1.82) is 0 Å². The van der Waals surface area contributed by atoms with Crippen LogP contribution in [0.3, 0.4) is 0 Å². The molecule has 0 saturated carbocycles. The number of hydrogen-bond acceptors (Lipinski definition) is 2. The van der Waals surface area contributed by atoms with E-state index in [1.807, 2.05) is 12.1 Å². The Balaban J connectivity index is 1.01. The van der Waals surface area contributed by atoms with Crippen molar-refractivity contribution in [2.24, 2.45) is 0 Å². The van der Waals surface area contributed by atoms with Gasteiger partial charge in [0.15, 0.2) is 0 Å². The number of para-hydroxylation sites is 2. The largest absolute Gasteiger partial charge is 0.456 e. The average molecular weight is 714 g/mol. The fraction of sp³-hybridized carbons (Fsp3) is 0. The number of fused-ring (bicyclic) bond motifs is 7. The lowest BCUT2D eigenvalue weighted by Crippen LogP contribution is -2.11. The normalized spacial score (nSPS) is 11.6. The predicted molar refractivity (Wildman–Crippen MR) is 237 cm³/mol. The molecule has 2 nitrogen and oxygen atoms in total. The zero-order valence-electron chi connectivity index (χ0n) is 30.6.